The van der Waals surface area contributed by atoms with E-state index in [0.29, 0.717) is 46.4 Å². The number of hydrogen-bond donors (Lipinski definition) is 3. The normalized spacial score (nSPS) is 13.5. The van der Waals surface area contributed by atoms with Gasteiger partial charge in [-0.25, -0.2) is 0 Å². The van der Waals surface area contributed by atoms with Gasteiger partial charge in [-0.1, -0.05) is 19.8 Å². The van der Waals surface area contributed by atoms with Crippen LogP contribution in [0.5, 0.6) is 17.4 Å². The molecule has 0 spiro atoms. The van der Waals surface area contributed by atoms with Gasteiger partial charge in [0.15, 0.2) is 17.2 Å². The maximum absolute atomic E-state index is 10.1. The zero-order valence-corrected chi connectivity index (χ0v) is 14.3. The summed E-state index contributed by atoms with van der Waals surface area (Å²) in [5.41, 5.74) is 1.03. The maximum Gasteiger partial charge on any atom is 0.218 e. The van der Waals surface area contributed by atoms with Gasteiger partial charge < -0.3 is 24.9 Å². The molecule has 1 aromatic heterocycles. The number of nitrogens with one attached hydrogen (secondary N) is 2. The number of azo groups is 1. The van der Waals surface area contributed by atoms with Gasteiger partial charge in [0.1, 0.15) is 13.2 Å². The average molecular weight is 348 g/mol. The Labute approximate surface area is 145 Å². The number of hydrogen-bond acceptors (Lipinski definition) is 5. The van der Waals surface area contributed by atoms with Gasteiger partial charge in [-0.15, -0.1) is 10.2 Å². The first-order chi connectivity index (χ1) is 11.7. The molecule has 0 unspecified atom stereocenters. The fourth-order valence-electron chi connectivity index (χ4n) is 2.50. The van der Waals surface area contributed by atoms with E-state index in [4.69, 9.17) is 21.7 Å². The van der Waals surface area contributed by atoms with Crippen molar-refractivity contribution in [2.75, 3.05) is 19.8 Å². The van der Waals surface area contributed by atoms with Crippen LogP contribution < -0.4 is 14.8 Å². The van der Waals surface area contributed by atoms with Crippen LogP contribution in [0.3, 0.4) is 0 Å². The van der Waals surface area contributed by atoms with Crippen LogP contribution in [-0.2, 0) is 0 Å². The lowest BCUT2D eigenvalue weighted by atomic mass is 10.2. The number of nitrogens with zero attached hydrogens (tertiary/aromatic N) is 2. The summed E-state index contributed by atoms with van der Waals surface area (Å²) in [6.07, 6.45) is 3.33. The number of aromatic hydroxyl groups is 1. The summed E-state index contributed by atoms with van der Waals surface area (Å²) in [7, 11) is 0. The average Bonchev–Trinajstić information content (AvgIpc) is 2.89. The standard InChI is InChI=1S/C16H20N4O3S/c1-2-3-4-5-17-16(24)20-19-14-10-8-12-13(23-7-6-22-12)9-11(10)18-15(14)21/h8-9,18,21H,2-7H2,1H3,(H,17,24). The number of aromatic nitrogens is 1. The van der Waals surface area contributed by atoms with E-state index in [-0.39, 0.29) is 5.88 Å². The SMILES string of the molecule is CCCCCNC(=S)N=Nc1c(O)[nH]c2cc3c(cc12)OCCO3. The van der Waals surface area contributed by atoms with Crippen LogP contribution in [0.1, 0.15) is 26.2 Å². The number of fused-ring (bicyclic) bond motifs is 2. The number of H-pyrrole nitrogens is 1. The zero-order valence-electron chi connectivity index (χ0n) is 13.5. The molecular formula is C16H20N4O3S. The highest BCUT2D eigenvalue weighted by molar-refractivity contribution is 7.80. The molecule has 3 N–H and O–H groups in total. The first-order valence-corrected chi connectivity index (χ1v) is 8.43. The Hall–Kier alpha value is -2.35. The van der Waals surface area contributed by atoms with Crippen LogP contribution in [0.15, 0.2) is 22.4 Å². The molecule has 2 heterocycles. The molecule has 2 aromatic rings. The van der Waals surface area contributed by atoms with Crippen LogP contribution >= 0.6 is 12.2 Å². The largest absolute Gasteiger partial charge is 0.493 e. The van der Waals surface area contributed by atoms with Crippen LogP contribution in [0.2, 0.25) is 0 Å². The number of unbranched alkanes of at least 4 members (excludes halogenated alkanes) is 2. The molecule has 0 radical (unpaired) electrons. The van der Waals surface area contributed by atoms with E-state index in [9.17, 15) is 5.11 Å². The third-order valence-electron chi connectivity index (χ3n) is 3.71. The van der Waals surface area contributed by atoms with Gasteiger partial charge in [0.05, 0.1) is 5.52 Å². The number of rotatable bonds is 5. The van der Waals surface area contributed by atoms with E-state index in [1.807, 2.05) is 0 Å². The molecule has 0 aliphatic carbocycles. The van der Waals surface area contributed by atoms with Crippen molar-refractivity contribution in [3.8, 4) is 17.4 Å². The lowest BCUT2D eigenvalue weighted by molar-refractivity contribution is 0.172. The second-order valence-corrected chi connectivity index (χ2v) is 5.89. The predicted molar refractivity (Wildman–Crippen MR) is 95.6 cm³/mol. The van der Waals surface area contributed by atoms with Gasteiger partial charge in [0.25, 0.3) is 0 Å². The van der Waals surface area contributed by atoms with Crippen molar-refractivity contribution in [2.45, 2.75) is 26.2 Å². The van der Waals surface area contributed by atoms with Gasteiger partial charge >= 0.3 is 0 Å². The Morgan fingerprint density at radius 1 is 1.29 bits per heavy atom. The molecule has 0 bridgehead atoms. The molecular weight excluding hydrogens is 328 g/mol. The molecule has 1 aliphatic rings. The topological polar surface area (TPSA) is 91.2 Å². The highest BCUT2D eigenvalue weighted by Gasteiger charge is 2.18. The summed E-state index contributed by atoms with van der Waals surface area (Å²) < 4.78 is 11.1. The summed E-state index contributed by atoms with van der Waals surface area (Å²) in [5, 5.41) is 22.2. The Bertz CT molecular complexity index is 772. The number of thiocarbonyl (C=S) groups is 1. The van der Waals surface area contributed by atoms with Crippen LogP contribution in [0, 0.1) is 0 Å². The van der Waals surface area contributed by atoms with Crippen molar-refractivity contribution < 1.29 is 14.6 Å². The summed E-state index contributed by atoms with van der Waals surface area (Å²) in [4.78, 5) is 2.86. The molecule has 7 nitrogen and oxygen atoms in total. The fraction of sp³-hybridized carbons (Fsp3) is 0.438. The van der Waals surface area contributed by atoms with E-state index in [1.54, 1.807) is 12.1 Å². The predicted octanol–water partition coefficient (Wildman–Crippen LogP) is 3.79. The lowest BCUT2D eigenvalue weighted by Crippen LogP contribution is -2.19. The van der Waals surface area contributed by atoms with Crippen LogP contribution in [0.25, 0.3) is 10.9 Å². The van der Waals surface area contributed by atoms with Crippen molar-refractivity contribution in [3.63, 3.8) is 0 Å². The number of ether oxygens (including phenoxy) is 2. The molecule has 8 heteroatoms. The van der Waals surface area contributed by atoms with Crippen LogP contribution in [0.4, 0.5) is 5.69 Å². The van der Waals surface area contributed by atoms with Crippen molar-refractivity contribution >= 4 is 33.9 Å². The Kier molecular flexibility index (Phi) is 5.14. The van der Waals surface area contributed by atoms with Gasteiger partial charge in [-0.05, 0) is 24.7 Å². The molecule has 0 saturated carbocycles. The van der Waals surface area contributed by atoms with Gasteiger partial charge in [0, 0.05) is 18.0 Å². The summed E-state index contributed by atoms with van der Waals surface area (Å²) in [6, 6.07) is 3.57. The summed E-state index contributed by atoms with van der Waals surface area (Å²) in [6.45, 7) is 3.92. The third-order valence-corrected chi connectivity index (χ3v) is 3.94. The summed E-state index contributed by atoms with van der Waals surface area (Å²) in [5.74, 6) is 1.21. The molecule has 0 saturated heterocycles. The maximum atomic E-state index is 10.1. The van der Waals surface area contributed by atoms with Gasteiger partial charge in [-0.2, -0.15) is 0 Å². The molecule has 128 valence electrons. The highest BCUT2D eigenvalue weighted by Crippen LogP contribution is 2.42. The van der Waals surface area contributed by atoms with E-state index < -0.39 is 0 Å². The number of aromatic amines is 1. The lowest BCUT2D eigenvalue weighted by Gasteiger charge is -2.18. The second kappa shape index (κ2) is 7.48. The molecule has 1 aliphatic heterocycles. The van der Waals surface area contributed by atoms with Gasteiger partial charge in [-0.3, -0.25) is 0 Å². The van der Waals surface area contributed by atoms with Crippen molar-refractivity contribution in [2.24, 2.45) is 10.2 Å². The molecule has 24 heavy (non-hydrogen) atoms. The fourth-order valence-corrected chi connectivity index (χ4v) is 2.65. The minimum absolute atomic E-state index is 0.0649. The Balaban J connectivity index is 1.77. The van der Waals surface area contributed by atoms with Crippen molar-refractivity contribution in [3.05, 3.63) is 12.1 Å². The van der Waals surface area contributed by atoms with Crippen molar-refractivity contribution in [1.29, 1.82) is 0 Å². The van der Waals surface area contributed by atoms with E-state index in [1.165, 1.54) is 0 Å². The van der Waals surface area contributed by atoms with E-state index in [0.717, 1.165) is 25.8 Å². The first-order valence-electron chi connectivity index (χ1n) is 8.03. The Morgan fingerprint density at radius 2 is 2.04 bits per heavy atom. The zero-order chi connectivity index (χ0) is 16.9. The Morgan fingerprint density at radius 3 is 2.79 bits per heavy atom. The molecule has 3 rings (SSSR count). The van der Waals surface area contributed by atoms with E-state index >= 15 is 0 Å². The minimum Gasteiger partial charge on any atom is -0.493 e. The number of benzene rings is 1. The monoisotopic (exact) mass is 348 g/mol. The van der Waals surface area contributed by atoms with Crippen molar-refractivity contribution in [1.82, 2.24) is 10.3 Å². The quantitative estimate of drug-likeness (QED) is 0.434. The van der Waals surface area contributed by atoms with Gasteiger partial charge in [0.2, 0.25) is 11.0 Å². The minimum atomic E-state index is -0.0649. The second-order valence-electron chi connectivity index (χ2n) is 5.50. The third kappa shape index (κ3) is 3.59. The smallest absolute Gasteiger partial charge is 0.218 e. The molecule has 0 amide bonds. The molecule has 1 aromatic carbocycles. The first kappa shape index (κ1) is 16.5. The molecule has 0 atom stereocenters. The summed E-state index contributed by atoms with van der Waals surface area (Å²) >= 11 is 5.13. The highest BCUT2D eigenvalue weighted by atomic mass is 32.1. The molecule has 0 fully saturated rings. The van der Waals surface area contributed by atoms with E-state index in [2.05, 4.69) is 27.5 Å². The van der Waals surface area contributed by atoms with Crippen LogP contribution in [-0.4, -0.2) is 35.0 Å².